The van der Waals surface area contributed by atoms with Gasteiger partial charge in [0.2, 0.25) is 16.9 Å². The molecule has 1 fully saturated rings. The molecule has 3 rings (SSSR count). The molecule has 0 radical (unpaired) electrons. The summed E-state index contributed by atoms with van der Waals surface area (Å²) in [5.74, 6) is -0.313. The first-order valence-corrected chi connectivity index (χ1v) is 8.75. The van der Waals surface area contributed by atoms with Gasteiger partial charge in [-0.25, -0.2) is 0 Å². The van der Waals surface area contributed by atoms with Gasteiger partial charge in [-0.15, -0.1) is 10.2 Å². The largest absolute Gasteiger partial charge is 0.483 e. The fourth-order valence-corrected chi connectivity index (χ4v) is 3.22. The third-order valence-electron chi connectivity index (χ3n) is 3.66. The van der Waals surface area contributed by atoms with Crippen LogP contribution in [-0.2, 0) is 20.9 Å². The van der Waals surface area contributed by atoms with Crippen LogP contribution in [0.15, 0.2) is 12.3 Å². The van der Waals surface area contributed by atoms with E-state index in [1.807, 2.05) is 13.8 Å². The molecule has 2 aromatic rings. The van der Waals surface area contributed by atoms with Crippen molar-refractivity contribution in [2.45, 2.75) is 32.7 Å². The highest BCUT2D eigenvalue weighted by molar-refractivity contribution is 7.15. The first-order chi connectivity index (χ1) is 12.5. The Balaban J connectivity index is 0.000000758. The third kappa shape index (κ3) is 4.85. The second kappa shape index (κ2) is 9.04. The molecule has 3 heterocycles. The second-order valence-electron chi connectivity index (χ2n) is 5.89. The first kappa shape index (κ1) is 19.5. The van der Waals surface area contributed by atoms with E-state index in [4.69, 9.17) is 9.90 Å². The number of aromatic nitrogens is 4. The number of nitrogens with zero attached hydrogens (tertiary/aromatic N) is 4. The summed E-state index contributed by atoms with van der Waals surface area (Å²) >= 11 is 1.41. The Morgan fingerprint density at radius 3 is 2.85 bits per heavy atom. The van der Waals surface area contributed by atoms with Gasteiger partial charge in [-0.2, -0.15) is 5.10 Å². The average molecular weight is 380 g/mol. The molecule has 1 unspecified atom stereocenters. The number of rotatable bonds is 5. The normalized spacial score (nSPS) is 16.3. The fourth-order valence-electron chi connectivity index (χ4n) is 2.35. The van der Waals surface area contributed by atoms with Crippen molar-refractivity contribution in [3.63, 3.8) is 0 Å². The Hall–Kier alpha value is -2.82. The number of hydrogen-bond donors (Lipinski definition) is 3. The van der Waals surface area contributed by atoms with Gasteiger partial charge in [0.1, 0.15) is 5.01 Å². The topological polar surface area (TPSA) is 141 Å². The summed E-state index contributed by atoms with van der Waals surface area (Å²) in [6.07, 6.45) is 1.83. The highest BCUT2D eigenvalue weighted by atomic mass is 32.1. The molecule has 2 aromatic heterocycles. The summed E-state index contributed by atoms with van der Waals surface area (Å²) in [5, 5.41) is 26.0. The first-order valence-electron chi connectivity index (χ1n) is 7.93. The van der Waals surface area contributed by atoms with Crippen molar-refractivity contribution < 1.29 is 19.5 Å². The van der Waals surface area contributed by atoms with Crippen LogP contribution in [0.25, 0.3) is 0 Å². The number of hydrogen-bond acceptors (Lipinski definition) is 7. The van der Waals surface area contributed by atoms with Gasteiger partial charge in [-0.1, -0.05) is 25.2 Å². The number of carbonyl (C=O) groups is 3. The predicted molar refractivity (Wildman–Crippen MR) is 93.6 cm³/mol. The number of carboxylic acid groups (broad SMARTS) is 1. The van der Waals surface area contributed by atoms with Crippen molar-refractivity contribution in [1.82, 2.24) is 25.7 Å². The molecule has 1 saturated heterocycles. The number of nitrogens with one attached hydrogen (secondary N) is 2. The molecule has 0 spiro atoms. The Morgan fingerprint density at radius 2 is 2.27 bits per heavy atom. The Bertz CT molecular complexity index is 745. The van der Waals surface area contributed by atoms with Crippen LogP contribution in [0.1, 0.15) is 36.9 Å². The van der Waals surface area contributed by atoms with Crippen LogP contribution in [0.5, 0.6) is 0 Å². The maximum absolute atomic E-state index is 12.2. The van der Waals surface area contributed by atoms with Gasteiger partial charge in [-0.05, 0) is 6.07 Å². The molecule has 3 N–H and O–H groups in total. The van der Waals surface area contributed by atoms with Crippen LogP contribution in [0.3, 0.4) is 0 Å². The summed E-state index contributed by atoms with van der Waals surface area (Å²) in [7, 11) is 0. The molecule has 0 aliphatic carbocycles. The zero-order valence-electron chi connectivity index (χ0n) is 14.4. The van der Waals surface area contributed by atoms with Gasteiger partial charge in [0.25, 0.3) is 6.47 Å². The SMILES string of the molecule is CC(C)c1nnc(N2CC(C(=O)NCc3ccn[nH]3)CC2=O)s1.O=CO. The van der Waals surface area contributed by atoms with Crippen LogP contribution in [0.2, 0.25) is 0 Å². The average Bonchev–Trinajstić information content (AvgIpc) is 3.33. The van der Waals surface area contributed by atoms with Crippen molar-refractivity contribution in [1.29, 1.82) is 0 Å². The summed E-state index contributed by atoms with van der Waals surface area (Å²) in [4.78, 5) is 34.3. The quantitative estimate of drug-likeness (QED) is 0.650. The molecule has 0 saturated carbocycles. The summed E-state index contributed by atoms with van der Waals surface area (Å²) in [6, 6.07) is 1.79. The van der Waals surface area contributed by atoms with Gasteiger partial charge >= 0.3 is 0 Å². The molecule has 1 aliphatic heterocycles. The lowest BCUT2D eigenvalue weighted by Gasteiger charge is -2.12. The van der Waals surface area contributed by atoms with Crippen molar-refractivity contribution in [2.75, 3.05) is 11.4 Å². The van der Waals surface area contributed by atoms with E-state index in [2.05, 4.69) is 25.7 Å². The van der Waals surface area contributed by atoms with Crippen LogP contribution < -0.4 is 10.2 Å². The van der Waals surface area contributed by atoms with Crippen molar-refractivity contribution in [3.05, 3.63) is 23.0 Å². The van der Waals surface area contributed by atoms with Gasteiger partial charge in [0.05, 0.1) is 18.2 Å². The maximum atomic E-state index is 12.2. The molecule has 2 amide bonds. The van der Waals surface area contributed by atoms with Crippen molar-refractivity contribution in [2.24, 2.45) is 5.92 Å². The van der Waals surface area contributed by atoms with Gasteiger partial charge in [0, 0.05) is 25.1 Å². The number of carbonyl (C=O) groups excluding carboxylic acids is 2. The van der Waals surface area contributed by atoms with Gasteiger partial charge < -0.3 is 10.4 Å². The number of amides is 2. The Morgan fingerprint density at radius 1 is 1.54 bits per heavy atom. The zero-order chi connectivity index (χ0) is 19.1. The van der Waals surface area contributed by atoms with E-state index in [-0.39, 0.29) is 36.5 Å². The van der Waals surface area contributed by atoms with Crippen LogP contribution in [-0.4, -0.2) is 50.3 Å². The van der Waals surface area contributed by atoms with E-state index in [1.54, 1.807) is 17.2 Å². The zero-order valence-corrected chi connectivity index (χ0v) is 15.2. The molecule has 0 aromatic carbocycles. The van der Waals surface area contributed by atoms with E-state index < -0.39 is 0 Å². The number of H-pyrrole nitrogens is 1. The molecule has 26 heavy (non-hydrogen) atoms. The van der Waals surface area contributed by atoms with Crippen molar-refractivity contribution in [3.8, 4) is 0 Å². The van der Waals surface area contributed by atoms with Crippen LogP contribution in [0, 0.1) is 5.92 Å². The Kier molecular flexibility index (Phi) is 6.78. The molecule has 0 bridgehead atoms. The monoisotopic (exact) mass is 380 g/mol. The number of aromatic amines is 1. The van der Waals surface area contributed by atoms with E-state index in [0.717, 1.165) is 10.7 Å². The summed E-state index contributed by atoms with van der Waals surface area (Å²) < 4.78 is 0. The minimum absolute atomic E-state index is 0.0850. The summed E-state index contributed by atoms with van der Waals surface area (Å²) in [6.45, 7) is 4.53. The minimum Gasteiger partial charge on any atom is -0.483 e. The lowest BCUT2D eigenvalue weighted by Crippen LogP contribution is -2.32. The molecule has 1 aliphatic rings. The molecular weight excluding hydrogens is 360 g/mol. The molecular formula is C15H20N6O4S. The molecule has 10 nitrogen and oxygen atoms in total. The van der Waals surface area contributed by atoms with E-state index in [9.17, 15) is 9.59 Å². The summed E-state index contributed by atoms with van der Waals surface area (Å²) in [5.41, 5.74) is 0.824. The maximum Gasteiger partial charge on any atom is 0.290 e. The van der Waals surface area contributed by atoms with E-state index in [1.165, 1.54) is 11.3 Å². The van der Waals surface area contributed by atoms with Crippen LogP contribution in [0.4, 0.5) is 5.13 Å². The third-order valence-corrected chi connectivity index (χ3v) is 4.91. The lowest BCUT2D eigenvalue weighted by atomic mass is 10.1. The number of anilines is 1. The molecule has 1 atom stereocenters. The standard InChI is InChI=1S/C14H18N6O2S.CH2O2/c1-8(2)13-18-19-14(23-13)20-7-9(5-11(20)21)12(22)15-6-10-3-4-16-17-10;2-1-3/h3-4,8-9H,5-7H2,1-2H3,(H,15,22)(H,16,17);1H,(H,2,3). The highest BCUT2D eigenvalue weighted by Gasteiger charge is 2.36. The van der Waals surface area contributed by atoms with E-state index in [0.29, 0.717) is 18.2 Å². The van der Waals surface area contributed by atoms with Gasteiger partial charge in [-0.3, -0.25) is 24.4 Å². The second-order valence-corrected chi connectivity index (χ2v) is 6.88. The molecule has 11 heteroatoms. The predicted octanol–water partition coefficient (Wildman–Crippen LogP) is 0.755. The smallest absolute Gasteiger partial charge is 0.290 e. The van der Waals surface area contributed by atoms with Gasteiger partial charge in [0.15, 0.2) is 0 Å². The fraction of sp³-hybridized carbons (Fsp3) is 0.467. The van der Waals surface area contributed by atoms with E-state index >= 15 is 0 Å². The lowest BCUT2D eigenvalue weighted by molar-refractivity contribution is -0.126. The minimum atomic E-state index is -0.364. The van der Waals surface area contributed by atoms with Crippen molar-refractivity contribution >= 4 is 34.8 Å². The van der Waals surface area contributed by atoms with Crippen LogP contribution >= 0.6 is 11.3 Å². The Labute approximate surface area is 153 Å². The highest BCUT2D eigenvalue weighted by Crippen LogP contribution is 2.30. The molecule has 140 valence electrons.